The highest BCUT2D eigenvalue weighted by Crippen LogP contribution is 2.44. The molecular formula is C9H13NO3S. The molecule has 2 fully saturated rings. The minimum atomic E-state index is -0.778. The largest absolute Gasteiger partial charge is 0.481 e. The molecule has 0 aromatic carbocycles. The Morgan fingerprint density at radius 1 is 1.57 bits per heavy atom. The molecule has 1 spiro atoms. The topological polar surface area (TPSA) is 66.4 Å². The van der Waals surface area contributed by atoms with Crippen LogP contribution in [0.4, 0.5) is 0 Å². The Morgan fingerprint density at radius 2 is 2.36 bits per heavy atom. The second-order valence-electron chi connectivity index (χ2n) is 3.86. The molecule has 2 aliphatic rings. The van der Waals surface area contributed by atoms with Crippen LogP contribution in [0.3, 0.4) is 0 Å². The van der Waals surface area contributed by atoms with Gasteiger partial charge in [0, 0.05) is 0 Å². The smallest absolute Gasteiger partial charge is 0.309 e. The average Bonchev–Trinajstić information content (AvgIpc) is 2.48. The van der Waals surface area contributed by atoms with Crippen molar-refractivity contribution < 1.29 is 14.7 Å². The van der Waals surface area contributed by atoms with E-state index in [9.17, 15) is 9.59 Å². The van der Waals surface area contributed by atoms with E-state index in [0.29, 0.717) is 12.2 Å². The summed E-state index contributed by atoms with van der Waals surface area (Å²) in [6, 6.07) is 0. The summed E-state index contributed by atoms with van der Waals surface area (Å²) >= 11 is 1.47. The maximum absolute atomic E-state index is 11.2. The molecule has 1 aliphatic heterocycles. The summed E-state index contributed by atoms with van der Waals surface area (Å²) < 4.78 is 0. The normalized spacial score (nSPS) is 37.1. The molecule has 2 atom stereocenters. The molecule has 1 amide bonds. The van der Waals surface area contributed by atoms with Gasteiger partial charge in [-0.15, -0.1) is 11.8 Å². The van der Waals surface area contributed by atoms with Gasteiger partial charge in [-0.3, -0.25) is 9.59 Å². The standard InChI is InChI=1S/C9H13NO3S/c11-7-5-14-9(10-7)4-2-1-3-6(9)8(12)13/h6H,1-5H2,(H,10,11)(H,12,13). The third kappa shape index (κ3) is 1.49. The lowest BCUT2D eigenvalue weighted by molar-refractivity contribution is -0.144. The minimum Gasteiger partial charge on any atom is -0.481 e. The van der Waals surface area contributed by atoms with E-state index in [4.69, 9.17) is 5.11 Å². The molecule has 0 bridgehead atoms. The quantitative estimate of drug-likeness (QED) is 0.679. The minimum absolute atomic E-state index is 0.0249. The predicted octanol–water partition coefficient (Wildman–Crippen LogP) is 0.821. The van der Waals surface area contributed by atoms with Crippen LogP contribution in [0.15, 0.2) is 0 Å². The zero-order valence-corrected chi connectivity index (χ0v) is 8.60. The van der Waals surface area contributed by atoms with Crippen molar-refractivity contribution in [3.05, 3.63) is 0 Å². The van der Waals surface area contributed by atoms with Gasteiger partial charge in [0.1, 0.15) is 0 Å². The van der Waals surface area contributed by atoms with Crippen LogP contribution >= 0.6 is 11.8 Å². The molecule has 2 N–H and O–H groups in total. The van der Waals surface area contributed by atoms with Crippen LogP contribution in [0, 0.1) is 5.92 Å². The molecule has 2 unspecified atom stereocenters. The fourth-order valence-electron chi connectivity index (χ4n) is 2.29. The van der Waals surface area contributed by atoms with E-state index < -0.39 is 16.8 Å². The van der Waals surface area contributed by atoms with Gasteiger partial charge in [-0.05, 0) is 12.8 Å². The second-order valence-corrected chi connectivity index (χ2v) is 5.17. The van der Waals surface area contributed by atoms with Crippen molar-refractivity contribution in [2.24, 2.45) is 5.92 Å². The third-order valence-electron chi connectivity index (χ3n) is 2.96. The lowest BCUT2D eigenvalue weighted by Gasteiger charge is -2.37. The Balaban J connectivity index is 2.21. The average molecular weight is 215 g/mol. The summed E-state index contributed by atoms with van der Waals surface area (Å²) in [7, 11) is 0. The van der Waals surface area contributed by atoms with Crippen LogP contribution in [0.1, 0.15) is 25.7 Å². The van der Waals surface area contributed by atoms with E-state index in [1.807, 2.05) is 0 Å². The van der Waals surface area contributed by atoms with Gasteiger partial charge in [0.15, 0.2) is 0 Å². The van der Waals surface area contributed by atoms with Crippen LogP contribution in [-0.4, -0.2) is 27.6 Å². The number of nitrogens with one attached hydrogen (secondary N) is 1. The Labute approximate surface area is 86.4 Å². The van der Waals surface area contributed by atoms with Crippen LogP contribution in [-0.2, 0) is 9.59 Å². The van der Waals surface area contributed by atoms with Crippen molar-refractivity contribution in [3.63, 3.8) is 0 Å². The predicted molar refractivity (Wildman–Crippen MR) is 52.9 cm³/mol. The molecule has 0 radical (unpaired) electrons. The maximum Gasteiger partial charge on any atom is 0.309 e. The number of thioether (sulfide) groups is 1. The van der Waals surface area contributed by atoms with Crippen LogP contribution in [0.5, 0.6) is 0 Å². The van der Waals surface area contributed by atoms with Gasteiger partial charge in [-0.1, -0.05) is 12.8 Å². The summed E-state index contributed by atoms with van der Waals surface area (Å²) in [5, 5.41) is 11.9. The van der Waals surface area contributed by atoms with E-state index in [1.165, 1.54) is 11.8 Å². The second kappa shape index (κ2) is 3.46. The summed E-state index contributed by atoms with van der Waals surface area (Å²) in [4.78, 5) is 21.7. The van der Waals surface area contributed by atoms with Crippen molar-refractivity contribution >= 4 is 23.6 Å². The molecule has 1 aliphatic carbocycles. The number of hydrogen-bond acceptors (Lipinski definition) is 3. The number of amides is 1. The van der Waals surface area contributed by atoms with Crippen molar-refractivity contribution in [1.82, 2.24) is 5.32 Å². The first-order valence-electron chi connectivity index (χ1n) is 4.82. The Kier molecular flexibility index (Phi) is 2.43. The Hall–Kier alpha value is -0.710. The first-order valence-corrected chi connectivity index (χ1v) is 5.80. The summed E-state index contributed by atoms with van der Waals surface area (Å²) in [6.45, 7) is 0. The first-order chi connectivity index (χ1) is 6.64. The highest BCUT2D eigenvalue weighted by Gasteiger charge is 2.49. The van der Waals surface area contributed by atoms with E-state index in [2.05, 4.69) is 5.32 Å². The van der Waals surface area contributed by atoms with Crippen LogP contribution in [0.2, 0.25) is 0 Å². The highest BCUT2D eigenvalue weighted by molar-refractivity contribution is 8.01. The number of carboxylic acids is 1. The molecule has 2 rings (SSSR count). The monoisotopic (exact) mass is 215 g/mol. The number of hydrogen-bond donors (Lipinski definition) is 2. The van der Waals surface area contributed by atoms with Gasteiger partial charge in [0.2, 0.25) is 5.91 Å². The van der Waals surface area contributed by atoms with Gasteiger partial charge >= 0.3 is 5.97 Å². The fourth-order valence-corrected chi connectivity index (χ4v) is 3.65. The third-order valence-corrected chi connectivity index (χ3v) is 4.48. The number of carbonyl (C=O) groups excluding carboxylic acids is 1. The van der Waals surface area contributed by atoms with E-state index in [1.54, 1.807) is 0 Å². The highest BCUT2D eigenvalue weighted by atomic mass is 32.2. The van der Waals surface area contributed by atoms with Crippen molar-refractivity contribution in [1.29, 1.82) is 0 Å². The van der Waals surface area contributed by atoms with Crippen molar-refractivity contribution in [3.8, 4) is 0 Å². The molecule has 5 heteroatoms. The SMILES string of the molecule is O=C1CSC2(CCCCC2C(=O)O)N1. The fraction of sp³-hybridized carbons (Fsp3) is 0.778. The number of aliphatic carboxylic acids is 1. The molecule has 1 saturated carbocycles. The maximum atomic E-state index is 11.2. The van der Waals surface area contributed by atoms with Gasteiger partial charge in [-0.2, -0.15) is 0 Å². The van der Waals surface area contributed by atoms with E-state index in [0.717, 1.165) is 19.3 Å². The zero-order chi connectivity index (χ0) is 10.2. The lowest BCUT2D eigenvalue weighted by Crippen LogP contribution is -2.50. The number of carbonyl (C=O) groups is 2. The van der Waals surface area contributed by atoms with Crippen molar-refractivity contribution in [2.45, 2.75) is 30.6 Å². The van der Waals surface area contributed by atoms with Crippen LogP contribution in [0.25, 0.3) is 0 Å². The lowest BCUT2D eigenvalue weighted by atomic mass is 9.84. The summed E-state index contributed by atoms with van der Waals surface area (Å²) in [5.41, 5.74) is 0. The molecule has 14 heavy (non-hydrogen) atoms. The van der Waals surface area contributed by atoms with Gasteiger partial charge < -0.3 is 10.4 Å². The summed E-state index contributed by atoms with van der Waals surface area (Å²) in [6.07, 6.45) is 3.44. The summed E-state index contributed by atoms with van der Waals surface area (Å²) in [5.74, 6) is -0.806. The molecule has 78 valence electrons. The van der Waals surface area contributed by atoms with Gasteiger partial charge in [0.25, 0.3) is 0 Å². The molecular weight excluding hydrogens is 202 g/mol. The molecule has 1 saturated heterocycles. The molecule has 1 heterocycles. The van der Waals surface area contributed by atoms with Gasteiger partial charge in [0.05, 0.1) is 16.5 Å². The molecule has 4 nitrogen and oxygen atoms in total. The zero-order valence-electron chi connectivity index (χ0n) is 7.78. The molecule has 0 aromatic heterocycles. The Bertz CT molecular complexity index is 281. The molecule has 0 aromatic rings. The number of carboxylic acid groups (broad SMARTS) is 1. The van der Waals surface area contributed by atoms with Crippen LogP contribution < -0.4 is 5.32 Å². The first kappa shape index (κ1) is 9.83. The number of rotatable bonds is 1. The van der Waals surface area contributed by atoms with Crippen molar-refractivity contribution in [2.75, 3.05) is 5.75 Å². The van der Waals surface area contributed by atoms with Gasteiger partial charge in [-0.25, -0.2) is 0 Å². The Morgan fingerprint density at radius 3 is 2.93 bits per heavy atom. The van der Waals surface area contributed by atoms with E-state index in [-0.39, 0.29) is 5.91 Å². The van der Waals surface area contributed by atoms with E-state index >= 15 is 0 Å².